The highest BCUT2D eigenvalue weighted by molar-refractivity contribution is 5.74. The van der Waals surface area contributed by atoms with Crippen molar-refractivity contribution in [2.24, 2.45) is 0 Å². The number of carbonyl (C=O) groups excluding carboxylic acids is 3. The summed E-state index contributed by atoms with van der Waals surface area (Å²) in [4.78, 5) is 51.3. The fourth-order valence-electron chi connectivity index (χ4n) is 8.28. The Morgan fingerprint density at radius 1 is 0.407 bits per heavy atom. The van der Waals surface area contributed by atoms with Gasteiger partial charge in [0, 0.05) is 19.3 Å². The van der Waals surface area contributed by atoms with Crippen LogP contribution in [-0.4, -0.2) is 89.2 Å². The van der Waals surface area contributed by atoms with Gasteiger partial charge in [-0.2, -0.15) is 0 Å². The number of rotatable bonds is 50. The molecule has 6 unspecified atom stereocenters. The van der Waals surface area contributed by atoms with Gasteiger partial charge in [-0.15, -0.1) is 0 Å². The lowest BCUT2D eigenvalue weighted by Gasteiger charge is -2.40. The number of hydrogen-bond acceptors (Lipinski definition) is 11. The first-order valence-corrected chi connectivity index (χ1v) is 30.8. The van der Waals surface area contributed by atoms with Gasteiger partial charge in [0.05, 0.1) is 6.61 Å². The van der Waals surface area contributed by atoms with Crippen molar-refractivity contribution in [1.29, 1.82) is 0 Å². The number of carboxylic acid groups (broad SMARTS) is 1. The van der Waals surface area contributed by atoms with Crippen molar-refractivity contribution in [1.82, 2.24) is 0 Å². The van der Waals surface area contributed by atoms with E-state index < -0.39 is 67.3 Å². The molecule has 0 aromatic heterocycles. The van der Waals surface area contributed by atoms with Crippen LogP contribution in [0.1, 0.15) is 213 Å². The van der Waals surface area contributed by atoms with Gasteiger partial charge in [-0.1, -0.05) is 205 Å². The lowest BCUT2D eigenvalue weighted by molar-refractivity contribution is -0.301. The Morgan fingerprint density at radius 3 is 1.14 bits per heavy atom. The van der Waals surface area contributed by atoms with Crippen molar-refractivity contribution in [3.05, 3.63) is 146 Å². The molecule has 0 amide bonds. The highest BCUT2D eigenvalue weighted by Gasteiger charge is 2.50. The molecule has 81 heavy (non-hydrogen) atoms. The first-order chi connectivity index (χ1) is 39.6. The molecule has 454 valence electrons. The summed E-state index contributed by atoms with van der Waals surface area (Å²) in [6.07, 6.45) is 66.6. The minimum Gasteiger partial charge on any atom is -0.479 e. The number of esters is 3. The van der Waals surface area contributed by atoms with Crippen molar-refractivity contribution in [3.63, 3.8) is 0 Å². The average molecular weight is 1130 g/mol. The summed E-state index contributed by atoms with van der Waals surface area (Å²) in [6.45, 7) is 5.59. The van der Waals surface area contributed by atoms with Crippen molar-refractivity contribution >= 4 is 23.9 Å². The molecular weight excluding hydrogens is 1020 g/mol. The monoisotopic (exact) mass is 1130 g/mol. The molecule has 0 aromatic carbocycles. The molecule has 3 N–H and O–H groups in total. The van der Waals surface area contributed by atoms with E-state index >= 15 is 0 Å². The highest BCUT2D eigenvalue weighted by Crippen LogP contribution is 2.26. The van der Waals surface area contributed by atoms with E-state index in [1.165, 1.54) is 0 Å². The van der Waals surface area contributed by atoms with Crippen LogP contribution >= 0.6 is 0 Å². The van der Waals surface area contributed by atoms with Crippen molar-refractivity contribution in [2.45, 2.75) is 250 Å². The number of aliphatic hydroxyl groups is 2. The number of hydrogen-bond donors (Lipinski definition) is 3. The summed E-state index contributed by atoms with van der Waals surface area (Å²) in [6, 6.07) is 0. The van der Waals surface area contributed by atoms with E-state index in [2.05, 4.69) is 167 Å². The second kappa shape index (κ2) is 55.2. The number of carbonyl (C=O) groups is 4. The van der Waals surface area contributed by atoms with Gasteiger partial charge in [-0.25, -0.2) is 4.79 Å². The second-order valence-corrected chi connectivity index (χ2v) is 20.2. The predicted octanol–water partition coefficient (Wildman–Crippen LogP) is 16.3. The summed E-state index contributed by atoms with van der Waals surface area (Å²) in [7, 11) is 0. The standard InChI is InChI=1S/C69H106O12/c1-4-7-10-13-16-19-22-25-28-30-31-33-35-37-40-43-46-49-52-55-61(70)77-58-60(79-62(71)56-53-50-47-44-41-39-36-32-29-26-23-20-17-14-11-8-5-2)59-78-69-67(65(74)64(73)66(81-69)68(75)76)80-63(72)57-54-51-48-45-42-38-34-27-24-21-18-15-12-9-6-3/h7-12,16-21,25-29,31,33-34,36-37,39-40,60,64-67,69,73-74H,4-6,13-15,22-24,30,32,35,38,41-59H2,1-3H3,(H,75,76)/b10-7-,11-8-,12-9-,19-16-,20-17-,21-18-,28-25-,29-26-,33-31-,34-27-,39-36-,40-37-. The fraction of sp³-hybridized carbons (Fsp3) is 0.594. The summed E-state index contributed by atoms with van der Waals surface area (Å²) < 4.78 is 28.4. The van der Waals surface area contributed by atoms with Gasteiger partial charge in [-0.3, -0.25) is 14.4 Å². The van der Waals surface area contributed by atoms with Crippen LogP contribution in [-0.2, 0) is 42.9 Å². The molecule has 0 spiro atoms. The molecule has 1 aliphatic heterocycles. The molecular formula is C69H106O12. The zero-order valence-electron chi connectivity index (χ0n) is 50.0. The summed E-state index contributed by atoms with van der Waals surface area (Å²) in [5, 5.41) is 31.5. The van der Waals surface area contributed by atoms with Crippen LogP contribution in [0.2, 0.25) is 0 Å². The van der Waals surface area contributed by atoms with E-state index in [1.54, 1.807) is 0 Å². The zero-order valence-corrected chi connectivity index (χ0v) is 50.0. The lowest BCUT2D eigenvalue weighted by atomic mass is 9.98. The number of allylic oxidation sites excluding steroid dienone is 24. The van der Waals surface area contributed by atoms with Gasteiger partial charge in [0.1, 0.15) is 18.8 Å². The van der Waals surface area contributed by atoms with E-state index in [0.717, 1.165) is 154 Å². The third-order valence-electron chi connectivity index (χ3n) is 12.9. The third-order valence-corrected chi connectivity index (χ3v) is 12.9. The first kappa shape index (κ1) is 73.6. The first-order valence-electron chi connectivity index (χ1n) is 30.8. The Kier molecular flexibility index (Phi) is 50.1. The quantitative estimate of drug-likeness (QED) is 0.0228. The van der Waals surface area contributed by atoms with Gasteiger partial charge >= 0.3 is 23.9 Å². The molecule has 1 heterocycles. The van der Waals surface area contributed by atoms with Gasteiger partial charge in [-0.05, 0) is 135 Å². The van der Waals surface area contributed by atoms with Crippen LogP contribution in [0.3, 0.4) is 0 Å². The molecule has 0 bridgehead atoms. The van der Waals surface area contributed by atoms with Crippen LogP contribution in [0.25, 0.3) is 0 Å². The molecule has 0 aliphatic carbocycles. The summed E-state index contributed by atoms with van der Waals surface area (Å²) >= 11 is 0. The van der Waals surface area contributed by atoms with E-state index in [-0.39, 0.29) is 25.9 Å². The Hall–Kier alpha value is -5.40. The third kappa shape index (κ3) is 44.9. The van der Waals surface area contributed by atoms with Gasteiger partial charge in [0.2, 0.25) is 0 Å². The molecule has 12 heteroatoms. The summed E-state index contributed by atoms with van der Waals surface area (Å²) in [5.41, 5.74) is 0. The van der Waals surface area contributed by atoms with Crippen LogP contribution < -0.4 is 0 Å². The number of unbranched alkanes of at least 4 members (excludes halogenated alkanes) is 12. The predicted molar refractivity (Wildman–Crippen MR) is 330 cm³/mol. The van der Waals surface area contributed by atoms with Crippen LogP contribution in [0.5, 0.6) is 0 Å². The normalized spacial score (nSPS) is 18.8. The van der Waals surface area contributed by atoms with Crippen LogP contribution in [0, 0.1) is 0 Å². The number of carboxylic acids is 1. The van der Waals surface area contributed by atoms with Crippen molar-refractivity contribution < 1.29 is 58.2 Å². The van der Waals surface area contributed by atoms with E-state index in [1.807, 2.05) is 0 Å². The Labute approximate surface area is 489 Å². The number of ether oxygens (including phenoxy) is 5. The molecule has 0 aromatic rings. The molecule has 6 atom stereocenters. The van der Waals surface area contributed by atoms with Crippen LogP contribution in [0.4, 0.5) is 0 Å². The Bertz CT molecular complexity index is 1960. The molecule has 12 nitrogen and oxygen atoms in total. The van der Waals surface area contributed by atoms with Gasteiger partial charge < -0.3 is 39.0 Å². The Morgan fingerprint density at radius 2 is 0.741 bits per heavy atom. The van der Waals surface area contributed by atoms with E-state index in [0.29, 0.717) is 19.3 Å². The lowest BCUT2D eigenvalue weighted by Crippen LogP contribution is -2.61. The largest absolute Gasteiger partial charge is 0.479 e. The second-order valence-electron chi connectivity index (χ2n) is 20.2. The smallest absolute Gasteiger partial charge is 0.335 e. The SMILES string of the molecule is CC/C=C\C/C=C\C/C=C\C/C=C\C/C=C\CCCCCC(=O)OCC(COC1OC(C(=O)O)C(O)C(O)C1OC(=O)CCCCCCC/C=C\C/C=C\C/C=C\CC)OC(=O)CCCCCC/C=C\C/C=C\C/C=C\C/C=C\CC. The molecule has 1 aliphatic rings. The van der Waals surface area contributed by atoms with E-state index in [4.69, 9.17) is 23.7 Å². The van der Waals surface area contributed by atoms with Crippen molar-refractivity contribution in [2.75, 3.05) is 13.2 Å². The summed E-state index contributed by atoms with van der Waals surface area (Å²) in [5.74, 6) is -3.24. The minimum absolute atomic E-state index is 0.0259. The molecule has 1 fully saturated rings. The minimum atomic E-state index is -1.93. The average Bonchev–Trinajstić information content (AvgIpc) is 3.53. The molecule has 1 saturated heterocycles. The zero-order chi connectivity index (χ0) is 58.9. The maximum Gasteiger partial charge on any atom is 0.335 e. The topological polar surface area (TPSA) is 175 Å². The number of aliphatic carboxylic acids is 1. The molecule has 0 saturated carbocycles. The van der Waals surface area contributed by atoms with E-state index in [9.17, 15) is 34.5 Å². The van der Waals surface area contributed by atoms with Gasteiger partial charge in [0.15, 0.2) is 24.6 Å². The van der Waals surface area contributed by atoms with Crippen LogP contribution in [0.15, 0.2) is 146 Å². The number of aliphatic hydroxyl groups excluding tert-OH is 2. The molecule has 0 radical (unpaired) electrons. The van der Waals surface area contributed by atoms with Gasteiger partial charge in [0.25, 0.3) is 0 Å². The highest BCUT2D eigenvalue weighted by atomic mass is 16.7. The Balaban J connectivity index is 2.74. The fourth-order valence-corrected chi connectivity index (χ4v) is 8.28. The molecule has 1 rings (SSSR count). The maximum atomic E-state index is 13.2. The maximum absolute atomic E-state index is 13.2. The van der Waals surface area contributed by atoms with Crippen molar-refractivity contribution in [3.8, 4) is 0 Å².